The van der Waals surface area contributed by atoms with Gasteiger partial charge in [-0.05, 0) is 36.2 Å². The molecule has 0 aliphatic heterocycles. The maximum atomic E-state index is 12.1. The van der Waals surface area contributed by atoms with Gasteiger partial charge in [0.2, 0.25) is 0 Å². The van der Waals surface area contributed by atoms with Gasteiger partial charge >= 0.3 is 6.03 Å². The van der Waals surface area contributed by atoms with Gasteiger partial charge in [-0.25, -0.2) is 10.3 Å². The minimum Gasteiger partial charge on any atom is -0.399 e. The van der Waals surface area contributed by atoms with Crippen LogP contribution in [-0.2, 0) is 22.8 Å². The van der Waals surface area contributed by atoms with Gasteiger partial charge in [-0.15, -0.1) is 0 Å². The number of rotatable bonds is 8. The van der Waals surface area contributed by atoms with Gasteiger partial charge in [0.25, 0.3) is 5.91 Å². The largest absolute Gasteiger partial charge is 0.399 e. The number of hydroxylamine groups is 1. The summed E-state index contributed by atoms with van der Waals surface area (Å²) in [5, 5.41) is 5.31. The van der Waals surface area contributed by atoms with Crippen LogP contribution in [0.1, 0.15) is 24.6 Å². The van der Waals surface area contributed by atoms with E-state index in [9.17, 15) is 9.59 Å². The molecule has 0 spiro atoms. The minimum atomic E-state index is -0.704. The van der Waals surface area contributed by atoms with Crippen molar-refractivity contribution in [3.05, 3.63) is 59.9 Å². The first-order valence-electron chi connectivity index (χ1n) is 8.28. The van der Waals surface area contributed by atoms with Gasteiger partial charge in [0.1, 0.15) is 12.6 Å². The van der Waals surface area contributed by atoms with E-state index < -0.39 is 18.0 Å². The van der Waals surface area contributed by atoms with Crippen LogP contribution in [0.3, 0.4) is 0 Å². The maximum absolute atomic E-state index is 12.1. The van der Waals surface area contributed by atoms with Crippen molar-refractivity contribution in [3.8, 4) is 0 Å². The monoisotopic (exact) mass is 357 g/mol. The smallest absolute Gasteiger partial charge is 0.315 e. The van der Waals surface area contributed by atoms with E-state index in [1.54, 1.807) is 37.4 Å². The number of aromatic nitrogens is 1. The summed E-state index contributed by atoms with van der Waals surface area (Å²) >= 11 is 0. The maximum Gasteiger partial charge on any atom is 0.315 e. The number of nitrogens with two attached hydrogens (primary N) is 1. The molecule has 2 aromatic rings. The number of hydrogen-bond donors (Lipinski definition) is 4. The third-order valence-electron chi connectivity index (χ3n) is 3.58. The first kappa shape index (κ1) is 19.2. The Kier molecular flexibility index (Phi) is 7.38. The number of nitrogens with one attached hydrogen (secondary N) is 3. The molecule has 1 unspecified atom stereocenters. The predicted molar refractivity (Wildman–Crippen MR) is 97.5 cm³/mol. The third-order valence-corrected chi connectivity index (χ3v) is 3.58. The Labute approximate surface area is 152 Å². The number of urea groups is 1. The zero-order valence-corrected chi connectivity index (χ0v) is 14.6. The predicted octanol–water partition coefficient (Wildman–Crippen LogP) is 1.49. The van der Waals surface area contributed by atoms with Gasteiger partial charge in [-0.1, -0.05) is 25.1 Å². The minimum absolute atomic E-state index is 0.145. The highest BCUT2D eigenvalue weighted by atomic mass is 16.7. The van der Waals surface area contributed by atoms with Crippen molar-refractivity contribution in [1.29, 1.82) is 0 Å². The van der Waals surface area contributed by atoms with Gasteiger partial charge in [-0.3, -0.25) is 14.6 Å². The summed E-state index contributed by atoms with van der Waals surface area (Å²) in [7, 11) is 0. The molecule has 0 fully saturated rings. The fourth-order valence-electron chi connectivity index (χ4n) is 2.12. The molecule has 0 aliphatic carbocycles. The van der Waals surface area contributed by atoms with Crippen molar-refractivity contribution in [1.82, 2.24) is 21.1 Å². The van der Waals surface area contributed by atoms with Crippen LogP contribution in [0.25, 0.3) is 0 Å². The Hall–Kier alpha value is -3.13. The zero-order chi connectivity index (χ0) is 18.8. The van der Waals surface area contributed by atoms with E-state index >= 15 is 0 Å². The molecule has 8 heteroatoms. The fourth-order valence-corrected chi connectivity index (χ4v) is 2.12. The van der Waals surface area contributed by atoms with E-state index in [0.717, 1.165) is 5.56 Å². The Bertz CT molecular complexity index is 707. The van der Waals surface area contributed by atoms with Crippen LogP contribution in [0.2, 0.25) is 0 Å². The van der Waals surface area contributed by atoms with Crippen molar-refractivity contribution in [2.75, 3.05) is 5.73 Å². The molecule has 1 aromatic heterocycles. The number of amides is 3. The van der Waals surface area contributed by atoms with Gasteiger partial charge in [0, 0.05) is 18.4 Å². The molecule has 0 bridgehead atoms. The molecule has 5 N–H and O–H groups in total. The number of pyridine rings is 1. The van der Waals surface area contributed by atoms with Crippen molar-refractivity contribution in [3.63, 3.8) is 0 Å². The van der Waals surface area contributed by atoms with Crippen molar-refractivity contribution >= 4 is 17.6 Å². The topological polar surface area (TPSA) is 118 Å². The summed E-state index contributed by atoms with van der Waals surface area (Å²) in [5.41, 5.74) is 10.2. The van der Waals surface area contributed by atoms with Crippen LogP contribution in [-0.4, -0.2) is 23.0 Å². The lowest BCUT2D eigenvalue weighted by Crippen LogP contribution is -2.49. The van der Waals surface area contributed by atoms with Gasteiger partial charge in [0.15, 0.2) is 0 Å². The number of nitrogen functional groups attached to an aromatic ring is 1. The van der Waals surface area contributed by atoms with Gasteiger partial charge < -0.3 is 16.4 Å². The molecule has 1 heterocycles. The SMILES string of the molecule is CCC(NC(=O)NCc1ccc(N)cc1)C(=O)NOCc1ccccn1. The molecule has 0 aliphatic rings. The normalized spacial score (nSPS) is 11.4. The molecule has 8 nitrogen and oxygen atoms in total. The van der Waals surface area contributed by atoms with Crippen molar-refractivity contribution in [2.24, 2.45) is 0 Å². The second kappa shape index (κ2) is 10.00. The fraction of sp³-hybridized carbons (Fsp3) is 0.278. The van der Waals surface area contributed by atoms with Crippen LogP contribution in [0, 0.1) is 0 Å². The second-order valence-electron chi connectivity index (χ2n) is 5.61. The molecule has 1 aromatic carbocycles. The van der Waals surface area contributed by atoms with E-state index in [1.165, 1.54) is 0 Å². The Morgan fingerprint density at radius 1 is 1.19 bits per heavy atom. The Morgan fingerprint density at radius 2 is 1.96 bits per heavy atom. The number of carbonyl (C=O) groups excluding carboxylic acids is 2. The standard InChI is InChI=1S/C18H23N5O3/c1-2-16(17(24)23-26-12-15-5-3-4-10-20-15)22-18(25)21-11-13-6-8-14(19)9-7-13/h3-10,16H,2,11-12,19H2,1H3,(H,23,24)(H2,21,22,25). The van der Waals surface area contributed by atoms with Crippen LogP contribution >= 0.6 is 0 Å². The highest BCUT2D eigenvalue weighted by molar-refractivity contribution is 5.86. The average molecular weight is 357 g/mol. The summed E-state index contributed by atoms with van der Waals surface area (Å²) in [4.78, 5) is 33.3. The van der Waals surface area contributed by atoms with Crippen LogP contribution in [0.5, 0.6) is 0 Å². The van der Waals surface area contributed by atoms with Gasteiger partial charge in [0.05, 0.1) is 5.69 Å². The number of anilines is 1. The third kappa shape index (κ3) is 6.40. The summed E-state index contributed by atoms with van der Waals surface area (Å²) < 4.78 is 0. The quantitative estimate of drug-likeness (QED) is 0.422. The van der Waals surface area contributed by atoms with Crippen LogP contribution < -0.4 is 21.8 Å². The molecule has 1 atom stereocenters. The van der Waals surface area contributed by atoms with E-state index in [-0.39, 0.29) is 6.61 Å². The molecule has 3 amide bonds. The Morgan fingerprint density at radius 3 is 2.62 bits per heavy atom. The average Bonchev–Trinajstić information content (AvgIpc) is 2.66. The molecule has 2 rings (SSSR count). The lowest BCUT2D eigenvalue weighted by atomic mass is 10.2. The summed E-state index contributed by atoms with van der Waals surface area (Å²) in [6.07, 6.45) is 2.07. The highest BCUT2D eigenvalue weighted by Crippen LogP contribution is 2.04. The molecular weight excluding hydrogens is 334 g/mol. The highest BCUT2D eigenvalue weighted by Gasteiger charge is 2.18. The van der Waals surface area contributed by atoms with Crippen LogP contribution in [0.4, 0.5) is 10.5 Å². The second-order valence-corrected chi connectivity index (χ2v) is 5.61. The molecular formula is C18H23N5O3. The summed E-state index contributed by atoms with van der Waals surface area (Å²) in [5.74, 6) is -0.425. The lowest BCUT2D eigenvalue weighted by Gasteiger charge is -2.17. The number of nitrogens with zero attached hydrogens (tertiary/aromatic N) is 1. The molecule has 0 saturated heterocycles. The van der Waals surface area contributed by atoms with Crippen molar-refractivity contribution < 1.29 is 14.4 Å². The van der Waals surface area contributed by atoms with Gasteiger partial charge in [-0.2, -0.15) is 0 Å². The van der Waals surface area contributed by atoms with E-state index in [1.807, 2.05) is 18.2 Å². The molecule has 138 valence electrons. The van der Waals surface area contributed by atoms with Crippen molar-refractivity contribution in [2.45, 2.75) is 32.5 Å². The molecule has 0 saturated carbocycles. The zero-order valence-electron chi connectivity index (χ0n) is 14.6. The van der Waals surface area contributed by atoms with Crippen LogP contribution in [0.15, 0.2) is 48.7 Å². The summed E-state index contributed by atoms with van der Waals surface area (Å²) in [6, 6.07) is 11.4. The number of hydrogen-bond acceptors (Lipinski definition) is 5. The molecule has 0 radical (unpaired) electrons. The Balaban J connectivity index is 1.73. The van der Waals surface area contributed by atoms with E-state index in [2.05, 4.69) is 21.1 Å². The number of carbonyl (C=O) groups is 2. The first-order chi connectivity index (χ1) is 12.6. The van der Waals surface area contributed by atoms with E-state index in [0.29, 0.717) is 24.3 Å². The molecule has 26 heavy (non-hydrogen) atoms. The first-order valence-corrected chi connectivity index (χ1v) is 8.28. The lowest BCUT2D eigenvalue weighted by molar-refractivity contribution is -0.136. The number of benzene rings is 1. The summed E-state index contributed by atoms with van der Waals surface area (Å²) in [6.45, 7) is 2.27. The van der Waals surface area contributed by atoms with E-state index in [4.69, 9.17) is 10.6 Å².